The third-order valence-corrected chi connectivity index (χ3v) is 22.1. The molecule has 6 heterocycles. The summed E-state index contributed by atoms with van der Waals surface area (Å²) in [5.74, 6) is -7.03. The number of esters is 2. The van der Waals surface area contributed by atoms with Crippen molar-refractivity contribution in [1.29, 1.82) is 0 Å². The zero-order valence-electron chi connectivity index (χ0n) is 55.7. The topological polar surface area (TPSA) is 342 Å². The van der Waals surface area contributed by atoms with E-state index >= 15 is 4.79 Å². The Bertz CT molecular complexity index is 2840. The van der Waals surface area contributed by atoms with Gasteiger partial charge in [-0.3, -0.25) is 20.0 Å². The minimum Gasteiger partial charge on any atom is -0.511 e. The number of hydrogen-bond donors (Lipinski definition) is 7. The molecule has 26 nitrogen and oxygen atoms in total. The standard InChI is InChI=1S/C67H100N2O24/c1-30-14-18-47(88-54-28-65(11,69(79)80)60(38(9)86-54)68-64(78)81-13)31(2)23-43-45(73)24-40(29-70)27-67(43)62(76)55(63(77)93-67)61(75)66(12)42(30)16-15-41-56(66)32(3)22-33(4)57(41)92-53-26-49(59(37(8)85-53)87-39(10)71)90-50-21-19-48(35(6)83-50)89-52-25-46(74)58(36(7)84-52)91-51-20-17-44(72)34(5)82-51/h14-16,23,29,32-38,40-54,56-60,72-75,79-80H,17-22,24-28H2,1-13H3,(H,68,78)/b30-14+,31-23-,61-55?/t32-,33-,34?,35?,36?,37?,38?,40?,41-,42-,43+,44?,45-,46?,47-,48?,49?,50?,51?,52?,53?,54?,56+,57-,58?,59?,60?,65?,66+,67-/m0/s1. The Hall–Kier alpha value is -4.33. The highest BCUT2D eigenvalue weighted by molar-refractivity contribution is 6.26. The zero-order chi connectivity index (χ0) is 67.5. The van der Waals surface area contributed by atoms with Crippen LogP contribution in [0.5, 0.6) is 0 Å². The molecule has 10 aliphatic rings. The van der Waals surface area contributed by atoms with Gasteiger partial charge in [-0.05, 0) is 111 Å². The number of Topliss-reactive ketones (excluding diaryl/α,β-unsaturated/α-hetero) is 1. The molecule has 6 saturated heterocycles. The fourth-order valence-corrected chi connectivity index (χ4v) is 17.3. The van der Waals surface area contributed by atoms with Gasteiger partial charge in [0.05, 0.1) is 91.8 Å². The molecule has 6 aliphatic heterocycles. The van der Waals surface area contributed by atoms with E-state index in [-0.39, 0.29) is 55.6 Å². The number of hydroxylamine groups is 2. The summed E-state index contributed by atoms with van der Waals surface area (Å²) in [7, 11) is 1.18. The number of amides is 1. The molecule has 8 fully saturated rings. The van der Waals surface area contributed by atoms with Crippen LogP contribution >= 0.6 is 0 Å². The lowest BCUT2D eigenvalue weighted by molar-refractivity contribution is -0.390. The molecule has 1 spiro atoms. The van der Waals surface area contributed by atoms with Crippen molar-refractivity contribution in [2.45, 2.75) is 288 Å². The number of nitrogens with zero attached hydrogens (tertiary/aromatic N) is 1. The van der Waals surface area contributed by atoms with Crippen LogP contribution in [0.3, 0.4) is 0 Å². The van der Waals surface area contributed by atoms with Crippen LogP contribution < -0.4 is 5.32 Å². The van der Waals surface area contributed by atoms with E-state index in [0.29, 0.717) is 44.0 Å². The first-order valence-electron chi connectivity index (χ1n) is 33.4. The summed E-state index contributed by atoms with van der Waals surface area (Å²) in [5, 5.41) is 70.7. The molecule has 93 heavy (non-hydrogen) atoms. The number of methoxy groups -OCH3 is 1. The molecule has 2 bridgehead atoms. The smallest absolute Gasteiger partial charge is 0.407 e. The molecule has 2 saturated carbocycles. The molecule has 4 aliphatic carbocycles. The van der Waals surface area contributed by atoms with Gasteiger partial charge in [0.1, 0.15) is 29.8 Å². The van der Waals surface area contributed by atoms with Crippen molar-refractivity contribution >= 4 is 30.1 Å². The first-order valence-corrected chi connectivity index (χ1v) is 33.4. The number of carbonyl (C=O) groups excluding carboxylic acids is 5. The maximum absolute atomic E-state index is 15.6. The van der Waals surface area contributed by atoms with E-state index in [9.17, 15) is 50.0 Å². The first-order chi connectivity index (χ1) is 43.9. The second-order valence-electron chi connectivity index (χ2n) is 28.6. The quantitative estimate of drug-likeness (QED) is 0.0252. The lowest BCUT2D eigenvalue weighted by atomic mass is 9.49. The average Bonchev–Trinajstić information content (AvgIpc) is 1.68. The second-order valence-corrected chi connectivity index (χ2v) is 28.6. The molecule has 0 aromatic heterocycles. The number of alkyl carbamates (subject to hydrolysis) is 1. The molecule has 10 rings (SSSR count). The van der Waals surface area contributed by atoms with Gasteiger partial charge in [-0.2, -0.15) is 0 Å². The van der Waals surface area contributed by atoms with Crippen molar-refractivity contribution in [3.63, 3.8) is 0 Å². The summed E-state index contributed by atoms with van der Waals surface area (Å²) >= 11 is 0. The summed E-state index contributed by atoms with van der Waals surface area (Å²) in [6.07, 6.45) is -4.29. The Morgan fingerprint density at radius 3 is 1.97 bits per heavy atom. The van der Waals surface area contributed by atoms with Crippen molar-refractivity contribution < 1.29 is 116 Å². The van der Waals surface area contributed by atoms with Gasteiger partial charge < -0.3 is 92.1 Å². The van der Waals surface area contributed by atoms with Crippen molar-refractivity contribution in [3.05, 3.63) is 46.8 Å². The minimum atomic E-state index is -2.12. The van der Waals surface area contributed by atoms with Crippen molar-refractivity contribution in [2.24, 2.45) is 46.8 Å². The van der Waals surface area contributed by atoms with Crippen LogP contribution in [0.4, 0.5) is 4.79 Å². The molecule has 26 heteroatoms. The van der Waals surface area contributed by atoms with Gasteiger partial charge in [0.2, 0.25) is 5.78 Å². The number of aliphatic hydroxyl groups excluding tert-OH is 4. The zero-order valence-corrected chi connectivity index (χ0v) is 55.7. The number of allylic oxidation sites excluding steroid dienone is 3. The van der Waals surface area contributed by atoms with Gasteiger partial charge in [-0.1, -0.05) is 55.9 Å². The summed E-state index contributed by atoms with van der Waals surface area (Å²) in [4.78, 5) is 68.2. The molecule has 30 atom stereocenters. The number of aldehydes is 1. The van der Waals surface area contributed by atoms with E-state index in [2.05, 4.69) is 25.2 Å². The van der Waals surface area contributed by atoms with E-state index in [0.717, 1.165) is 5.57 Å². The molecule has 0 aromatic rings. The fraction of sp³-hybridized carbons (Fsp3) is 0.806. The van der Waals surface area contributed by atoms with E-state index in [1.165, 1.54) is 21.0 Å². The predicted molar refractivity (Wildman–Crippen MR) is 324 cm³/mol. The highest BCUT2D eigenvalue weighted by Gasteiger charge is 2.66. The molecular weight excluding hydrogens is 1220 g/mol. The maximum atomic E-state index is 15.6. The normalized spacial score (nSPS) is 48.4. The van der Waals surface area contributed by atoms with E-state index in [1.807, 2.05) is 39.8 Å². The monoisotopic (exact) mass is 1320 g/mol. The van der Waals surface area contributed by atoms with Gasteiger partial charge in [0, 0.05) is 68.6 Å². The van der Waals surface area contributed by atoms with Gasteiger partial charge in [-0.15, -0.1) is 0 Å². The lowest BCUT2D eigenvalue weighted by Crippen LogP contribution is -2.68. The number of rotatable bonds is 14. The summed E-state index contributed by atoms with van der Waals surface area (Å²) in [6.45, 7) is 21.4. The van der Waals surface area contributed by atoms with Crippen LogP contribution in [0.15, 0.2) is 46.8 Å². The Kier molecular flexibility index (Phi) is 22.0. The van der Waals surface area contributed by atoms with Crippen LogP contribution in [0.25, 0.3) is 0 Å². The molecular formula is C67H100N2O24. The lowest BCUT2D eigenvalue weighted by Gasteiger charge is -2.56. The van der Waals surface area contributed by atoms with Gasteiger partial charge in [-0.25, -0.2) is 9.59 Å². The van der Waals surface area contributed by atoms with E-state index < -0.39 is 204 Å². The molecule has 1 amide bonds. The molecule has 19 unspecified atom stereocenters. The number of carbonyl (C=O) groups is 5. The molecule has 0 aromatic carbocycles. The van der Waals surface area contributed by atoms with Crippen LogP contribution in [-0.2, 0) is 80.8 Å². The Morgan fingerprint density at radius 2 is 1.31 bits per heavy atom. The minimum absolute atomic E-state index is 0.0168. The Morgan fingerprint density at radius 1 is 0.677 bits per heavy atom. The molecule has 7 N–H and O–H groups in total. The average molecular weight is 1320 g/mol. The number of ether oxygens (including phenoxy) is 13. The molecule has 0 radical (unpaired) electrons. The third-order valence-electron chi connectivity index (χ3n) is 22.1. The van der Waals surface area contributed by atoms with Gasteiger partial charge in [0.15, 0.2) is 43.2 Å². The maximum Gasteiger partial charge on any atom is 0.407 e. The SMILES string of the molecule is COC(=O)NC1C(C)OC(O[C@H]2C/C=C(\C)[C@@H]3C=C[C@@H]4[C@@H](OC5CC(OC6CCC(OC7CC(O)C(OC8CCC(O)C(C)O8)C(C)O7)C(C)O6)C(OC(C)=O)C(C)O5)[C@@H](C)C[C@H](C)[C@H]4[C@]3(C)C(O)=C3C(=O)O[C@]4(CC(C=O)C[C@H](O)[C@H]4/C=C\2C)C3=O)CC1(C)N(O)O. The summed E-state index contributed by atoms with van der Waals surface area (Å²) < 4.78 is 81.8. The van der Waals surface area contributed by atoms with Gasteiger partial charge in [0.25, 0.3) is 0 Å². The Labute approximate surface area is 543 Å². The number of hydrogen-bond acceptors (Lipinski definition) is 25. The third kappa shape index (κ3) is 14.2. The van der Waals surface area contributed by atoms with Crippen LogP contribution in [0.1, 0.15) is 154 Å². The molecule has 522 valence electrons. The number of nitrogens with one attached hydrogen (secondary N) is 1. The van der Waals surface area contributed by atoms with Crippen LogP contribution in [0, 0.1) is 46.8 Å². The van der Waals surface area contributed by atoms with Gasteiger partial charge >= 0.3 is 18.0 Å². The number of fused-ring (bicyclic) bond motifs is 4. The van der Waals surface area contributed by atoms with E-state index in [1.54, 1.807) is 33.8 Å². The summed E-state index contributed by atoms with van der Waals surface area (Å²) in [6, 6.07) is -0.992. The fourth-order valence-electron chi connectivity index (χ4n) is 17.3. The highest BCUT2D eigenvalue weighted by atomic mass is 16.8. The van der Waals surface area contributed by atoms with Crippen molar-refractivity contribution in [1.82, 2.24) is 10.5 Å². The summed E-state index contributed by atoms with van der Waals surface area (Å²) in [5.41, 5.74) is -4.44. The number of aliphatic hydroxyl groups is 4. The van der Waals surface area contributed by atoms with Crippen LogP contribution in [-0.4, -0.2) is 207 Å². The highest BCUT2D eigenvalue weighted by Crippen LogP contribution is 2.61. The van der Waals surface area contributed by atoms with E-state index in [4.69, 9.17) is 61.6 Å². The second kappa shape index (κ2) is 28.6. The van der Waals surface area contributed by atoms with Crippen molar-refractivity contribution in [2.75, 3.05) is 7.11 Å². The Balaban J connectivity index is 0.902. The predicted octanol–water partition coefficient (Wildman–Crippen LogP) is 6.24. The van der Waals surface area contributed by atoms with Crippen molar-refractivity contribution in [3.8, 4) is 0 Å². The first kappa shape index (κ1) is 71.4. The van der Waals surface area contributed by atoms with Crippen LogP contribution in [0.2, 0.25) is 0 Å². The largest absolute Gasteiger partial charge is 0.511 e. The number of ketones is 1.